The average molecular weight is 229 g/mol. The molecule has 1 aromatic rings. The molecule has 0 N–H and O–H groups in total. The molecule has 0 saturated carbocycles. The van der Waals surface area contributed by atoms with Gasteiger partial charge in [-0.05, 0) is 18.2 Å². The minimum Gasteiger partial charge on any atom is -0.489 e. The van der Waals surface area contributed by atoms with Crippen LogP contribution in [-0.4, -0.2) is 0 Å². The van der Waals surface area contributed by atoms with Crippen LogP contribution in [0.2, 0.25) is 10.0 Å². The molecule has 0 aliphatic carbocycles. The van der Waals surface area contributed by atoms with Crippen molar-refractivity contribution in [3.63, 3.8) is 0 Å². The van der Waals surface area contributed by atoms with Crippen LogP contribution >= 0.6 is 23.2 Å². The van der Waals surface area contributed by atoms with Crippen LogP contribution in [-0.2, 0) is 11.3 Å². The van der Waals surface area contributed by atoms with Gasteiger partial charge in [-0.3, -0.25) is 0 Å². The summed E-state index contributed by atoms with van der Waals surface area (Å²) < 4.78 is 5.26. The fraction of sp³-hybridized carbons (Fsp3) is 0.0909. The van der Waals surface area contributed by atoms with Crippen LogP contribution in [0.5, 0.6) is 0 Å². The Hall–Kier alpha value is -0.920. The van der Waals surface area contributed by atoms with Gasteiger partial charge in [0.15, 0.2) is 0 Å². The highest BCUT2D eigenvalue weighted by atomic mass is 35.5. The molecule has 1 aromatic carbocycles. The zero-order valence-corrected chi connectivity index (χ0v) is 9.11. The number of rotatable bonds is 4. The molecular formula is C11H10Cl2O. The third-order valence-electron chi connectivity index (χ3n) is 1.69. The van der Waals surface area contributed by atoms with Crippen molar-refractivity contribution in [1.82, 2.24) is 0 Å². The first-order chi connectivity index (χ1) is 6.65. The van der Waals surface area contributed by atoms with Crippen molar-refractivity contribution in [2.45, 2.75) is 6.61 Å². The Morgan fingerprint density at radius 2 is 1.93 bits per heavy atom. The van der Waals surface area contributed by atoms with Crippen molar-refractivity contribution < 1.29 is 4.74 Å². The van der Waals surface area contributed by atoms with Crippen LogP contribution in [0.4, 0.5) is 0 Å². The van der Waals surface area contributed by atoms with Crippen LogP contribution < -0.4 is 0 Å². The van der Waals surface area contributed by atoms with E-state index in [0.717, 1.165) is 5.56 Å². The van der Waals surface area contributed by atoms with Crippen LogP contribution in [0.15, 0.2) is 43.2 Å². The zero-order chi connectivity index (χ0) is 10.6. The molecular weight excluding hydrogens is 219 g/mol. The molecule has 0 unspecified atom stereocenters. The van der Waals surface area contributed by atoms with E-state index >= 15 is 0 Å². The second-order valence-electron chi connectivity index (χ2n) is 2.66. The van der Waals surface area contributed by atoms with E-state index in [1.807, 2.05) is 0 Å². The molecule has 0 fully saturated rings. The van der Waals surface area contributed by atoms with E-state index in [4.69, 9.17) is 27.9 Å². The summed E-state index contributed by atoms with van der Waals surface area (Å²) in [5.74, 6) is 0.501. The molecule has 0 bridgehead atoms. The van der Waals surface area contributed by atoms with Crippen LogP contribution in [0.25, 0.3) is 0 Å². The highest BCUT2D eigenvalue weighted by molar-refractivity contribution is 6.35. The number of hydrogen-bond acceptors (Lipinski definition) is 1. The topological polar surface area (TPSA) is 9.23 Å². The van der Waals surface area contributed by atoms with Crippen LogP contribution in [0, 0.1) is 0 Å². The van der Waals surface area contributed by atoms with Gasteiger partial charge in [0.1, 0.15) is 12.4 Å². The van der Waals surface area contributed by atoms with E-state index in [1.54, 1.807) is 18.2 Å². The van der Waals surface area contributed by atoms with E-state index in [2.05, 4.69) is 13.2 Å². The maximum atomic E-state index is 5.94. The number of benzene rings is 1. The fourth-order valence-electron chi connectivity index (χ4n) is 0.894. The van der Waals surface area contributed by atoms with Gasteiger partial charge in [0.2, 0.25) is 0 Å². The van der Waals surface area contributed by atoms with Gasteiger partial charge >= 0.3 is 0 Å². The lowest BCUT2D eigenvalue weighted by Crippen LogP contribution is -1.92. The lowest BCUT2D eigenvalue weighted by atomic mass is 10.2. The summed E-state index contributed by atoms with van der Waals surface area (Å²) in [7, 11) is 0. The molecule has 0 saturated heterocycles. The Labute approximate surface area is 93.6 Å². The molecule has 0 atom stereocenters. The zero-order valence-electron chi connectivity index (χ0n) is 7.59. The molecule has 0 aliphatic heterocycles. The molecule has 3 heteroatoms. The minimum atomic E-state index is 0.309. The second-order valence-corrected chi connectivity index (χ2v) is 3.47. The molecule has 1 nitrogen and oxygen atoms in total. The third kappa shape index (κ3) is 2.79. The summed E-state index contributed by atoms with van der Waals surface area (Å²) in [4.78, 5) is 0. The van der Waals surface area contributed by atoms with Gasteiger partial charge in [-0.2, -0.15) is 0 Å². The van der Waals surface area contributed by atoms with Crippen molar-refractivity contribution >= 4 is 23.2 Å². The van der Waals surface area contributed by atoms with Crippen molar-refractivity contribution in [2.24, 2.45) is 0 Å². The molecule has 74 valence electrons. The highest BCUT2D eigenvalue weighted by Crippen LogP contribution is 2.25. The Morgan fingerprint density at radius 1 is 1.36 bits per heavy atom. The van der Waals surface area contributed by atoms with E-state index in [-0.39, 0.29) is 0 Å². The van der Waals surface area contributed by atoms with Crippen molar-refractivity contribution in [1.29, 1.82) is 0 Å². The summed E-state index contributed by atoms with van der Waals surface area (Å²) in [6.45, 7) is 7.46. The minimum absolute atomic E-state index is 0.309. The second kappa shape index (κ2) is 5.08. The number of halogens is 2. The SMILES string of the molecule is C=CC(=C)OCc1c(Cl)cccc1Cl. The monoisotopic (exact) mass is 228 g/mol. The lowest BCUT2D eigenvalue weighted by Gasteiger charge is -2.08. The smallest absolute Gasteiger partial charge is 0.116 e. The molecule has 0 radical (unpaired) electrons. The Balaban J connectivity index is 2.76. The Kier molecular flexibility index (Phi) is 4.05. The van der Waals surface area contributed by atoms with Crippen LogP contribution in [0.3, 0.4) is 0 Å². The van der Waals surface area contributed by atoms with Gasteiger partial charge < -0.3 is 4.74 Å². The third-order valence-corrected chi connectivity index (χ3v) is 2.40. The normalized spacial score (nSPS) is 9.57. The van der Waals surface area contributed by atoms with Gasteiger partial charge in [0.05, 0.1) is 0 Å². The summed E-state index contributed by atoms with van der Waals surface area (Å²) in [6, 6.07) is 5.32. The number of allylic oxidation sites excluding steroid dienone is 1. The van der Waals surface area contributed by atoms with Crippen molar-refractivity contribution in [2.75, 3.05) is 0 Å². The standard InChI is InChI=1S/C11H10Cl2O/c1-3-8(2)14-7-9-10(12)5-4-6-11(9)13/h3-6H,1-2,7H2. The van der Waals surface area contributed by atoms with Crippen LogP contribution in [0.1, 0.15) is 5.56 Å². The molecule has 1 rings (SSSR count). The van der Waals surface area contributed by atoms with Gasteiger partial charge in [0.25, 0.3) is 0 Å². The Morgan fingerprint density at radius 3 is 2.43 bits per heavy atom. The van der Waals surface area contributed by atoms with E-state index < -0.39 is 0 Å². The van der Waals surface area contributed by atoms with E-state index in [9.17, 15) is 0 Å². The first-order valence-electron chi connectivity index (χ1n) is 4.02. The van der Waals surface area contributed by atoms with Gasteiger partial charge in [-0.25, -0.2) is 0 Å². The molecule has 0 heterocycles. The first kappa shape index (κ1) is 11.2. The lowest BCUT2D eigenvalue weighted by molar-refractivity contribution is 0.213. The fourth-order valence-corrected chi connectivity index (χ4v) is 1.40. The van der Waals surface area contributed by atoms with Crippen molar-refractivity contribution in [3.8, 4) is 0 Å². The molecule has 14 heavy (non-hydrogen) atoms. The molecule has 0 aliphatic rings. The predicted octanol–water partition coefficient (Wildman–Crippen LogP) is 4.21. The average Bonchev–Trinajstić information content (AvgIpc) is 2.16. The molecule has 0 amide bonds. The molecule has 0 spiro atoms. The highest BCUT2D eigenvalue weighted by Gasteiger charge is 2.05. The quantitative estimate of drug-likeness (QED) is 0.555. The maximum absolute atomic E-state index is 5.94. The summed E-state index contributed by atoms with van der Waals surface area (Å²) >= 11 is 11.9. The van der Waals surface area contributed by atoms with Gasteiger partial charge in [-0.1, -0.05) is 42.4 Å². The largest absolute Gasteiger partial charge is 0.489 e. The number of hydrogen-bond donors (Lipinski definition) is 0. The van der Waals surface area contributed by atoms with Gasteiger partial charge in [0, 0.05) is 15.6 Å². The van der Waals surface area contributed by atoms with Crippen molar-refractivity contribution in [3.05, 3.63) is 58.8 Å². The Bertz CT molecular complexity index is 338. The summed E-state index contributed by atoms with van der Waals surface area (Å²) in [6.07, 6.45) is 1.53. The summed E-state index contributed by atoms with van der Waals surface area (Å²) in [5.41, 5.74) is 0.763. The summed E-state index contributed by atoms with van der Waals surface area (Å²) in [5, 5.41) is 1.18. The van der Waals surface area contributed by atoms with E-state index in [0.29, 0.717) is 22.4 Å². The van der Waals surface area contributed by atoms with Gasteiger partial charge in [-0.15, -0.1) is 0 Å². The van der Waals surface area contributed by atoms with E-state index in [1.165, 1.54) is 6.08 Å². The maximum Gasteiger partial charge on any atom is 0.116 e. The predicted molar refractivity (Wildman–Crippen MR) is 60.6 cm³/mol. The number of ether oxygens (including phenoxy) is 1. The molecule has 0 aromatic heterocycles. The first-order valence-corrected chi connectivity index (χ1v) is 4.77.